The Morgan fingerprint density at radius 3 is 3.12 bits per heavy atom. The van der Waals surface area contributed by atoms with E-state index in [1.165, 1.54) is 11.3 Å². The van der Waals surface area contributed by atoms with Crippen molar-refractivity contribution in [2.75, 3.05) is 13.2 Å². The lowest BCUT2D eigenvalue weighted by Crippen LogP contribution is -2.53. The molecular formula is C18H20N2O3S. The number of thiophene rings is 1. The van der Waals surface area contributed by atoms with E-state index in [2.05, 4.69) is 4.98 Å². The number of morpholine rings is 1. The van der Waals surface area contributed by atoms with Crippen LogP contribution in [0.4, 0.5) is 0 Å². The zero-order valence-corrected chi connectivity index (χ0v) is 14.2. The summed E-state index contributed by atoms with van der Waals surface area (Å²) in [4.78, 5) is 19.6. The summed E-state index contributed by atoms with van der Waals surface area (Å²) in [6.07, 6.45) is 5.44. The van der Waals surface area contributed by atoms with Gasteiger partial charge in [0.25, 0.3) is 5.91 Å². The molecule has 2 fully saturated rings. The van der Waals surface area contributed by atoms with Crippen LogP contribution in [0.25, 0.3) is 0 Å². The summed E-state index contributed by atoms with van der Waals surface area (Å²) in [6.45, 7) is 1.77. The van der Waals surface area contributed by atoms with E-state index < -0.39 is 0 Å². The highest BCUT2D eigenvalue weighted by atomic mass is 32.1. The Hall–Kier alpha value is -1.76. The second-order valence-corrected chi connectivity index (χ2v) is 7.11. The number of fused-ring (bicyclic) bond motifs is 1. The van der Waals surface area contributed by atoms with Gasteiger partial charge in [-0.15, -0.1) is 11.3 Å². The van der Waals surface area contributed by atoms with Crippen molar-refractivity contribution in [3.05, 3.63) is 52.5 Å². The predicted octanol–water partition coefficient (Wildman–Crippen LogP) is 2.73. The number of hydrogen-bond donors (Lipinski definition) is 0. The molecule has 0 aromatic carbocycles. The third kappa shape index (κ3) is 3.09. The lowest BCUT2D eigenvalue weighted by atomic mass is 10.1. The Labute approximate surface area is 145 Å². The lowest BCUT2D eigenvalue weighted by Gasteiger charge is -2.38. The van der Waals surface area contributed by atoms with Gasteiger partial charge in [0.05, 0.1) is 30.2 Å². The summed E-state index contributed by atoms with van der Waals surface area (Å²) in [5.41, 5.74) is 1.06. The van der Waals surface area contributed by atoms with Crippen LogP contribution < -0.4 is 0 Å². The van der Waals surface area contributed by atoms with E-state index in [-0.39, 0.29) is 24.2 Å². The molecule has 1 aliphatic heterocycles. The number of amides is 1. The summed E-state index contributed by atoms with van der Waals surface area (Å²) >= 11 is 1.50. The monoisotopic (exact) mass is 344 g/mol. The van der Waals surface area contributed by atoms with Crippen molar-refractivity contribution in [1.82, 2.24) is 9.88 Å². The van der Waals surface area contributed by atoms with Crippen molar-refractivity contribution in [1.29, 1.82) is 0 Å². The summed E-state index contributed by atoms with van der Waals surface area (Å²) in [7, 11) is 0. The maximum atomic E-state index is 12.7. The molecule has 0 bridgehead atoms. The Bertz CT molecular complexity index is 677. The van der Waals surface area contributed by atoms with Crippen LogP contribution in [0.3, 0.4) is 0 Å². The van der Waals surface area contributed by atoms with E-state index >= 15 is 0 Å². The zero-order chi connectivity index (χ0) is 16.4. The number of ether oxygens (including phenoxy) is 2. The summed E-state index contributed by atoms with van der Waals surface area (Å²) in [5.74, 6) is 0.121. The highest BCUT2D eigenvalue weighted by Gasteiger charge is 2.45. The van der Waals surface area contributed by atoms with Gasteiger partial charge in [-0.05, 0) is 35.9 Å². The molecule has 126 valence electrons. The van der Waals surface area contributed by atoms with Crippen LogP contribution in [0.1, 0.15) is 28.1 Å². The number of carbonyl (C=O) groups excluding carboxylic acids is 1. The molecule has 4 rings (SSSR count). The summed E-state index contributed by atoms with van der Waals surface area (Å²) in [6, 6.07) is 7.85. The maximum Gasteiger partial charge on any atom is 0.264 e. The average molecular weight is 344 g/mol. The first kappa shape index (κ1) is 15.7. The van der Waals surface area contributed by atoms with Crippen LogP contribution in [0, 0.1) is 0 Å². The molecule has 24 heavy (non-hydrogen) atoms. The van der Waals surface area contributed by atoms with Gasteiger partial charge in [0.15, 0.2) is 0 Å². The maximum absolute atomic E-state index is 12.7. The average Bonchev–Trinajstić information content (AvgIpc) is 3.30. The first-order valence-electron chi connectivity index (χ1n) is 8.29. The van der Waals surface area contributed by atoms with E-state index in [9.17, 15) is 4.79 Å². The molecule has 3 atom stereocenters. The first-order valence-corrected chi connectivity index (χ1v) is 9.17. The van der Waals surface area contributed by atoms with Gasteiger partial charge < -0.3 is 14.4 Å². The van der Waals surface area contributed by atoms with Crippen molar-refractivity contribution >= 4 is 17.2 Å². The molecule has 0 N–H and O–H groups in total. The molecule has 0 unspecified atom stereocenters. The number of nitrogens with zero attached hydrogens (tertiary/aromatic N) is 2. The van der Waals surface area contributed by atoms with Gasteiger partial charge in [0.2, 0.25) is 0 Å². The minimum atomic E-state index is -0.0284. The third-order valence-corrected chi connectivity index (χ3v) is 5.57. The van der Waals surface area contributed by atoms with Crippen molar-refractivity contribution in [3.63, 3.8) is 0 Å². The van der Waals surface area contributed by atoms with Crippen molar-refractivity contribution < 1.29 is 14.3 Å². The van der Waals surface area contributed by atoms with Crippen LogP contribution in [-0.4, -0.2) is 47.2 Å². The molecule has 1 amide bonds. The van der Waals surface area contributed by atoms with E-state index in [0.717, 1.165) is 23.3 Å². The van der Waals surface area contributed by atoms with E-state index in [1.54, 1.807) is 6.20 Å². The molecule has 3 heterocycles. The van der Waals surface area contributed by atoms with Crippen LogP contribution in [-0.2, 0) is 16.1 Å². The van der Waals surface area contributed by atoms with Gasteiger partial charge in [0, 0.05) is 18.9 Å². The molecule has 2 aromatic heterocycles. The summed E-state index contributed by atoms with van der Waals surface area (Å²) < 4.78 is 12.0. The second-order valence-electron chi connectivity index (χ2n) is 6.17. The fourth-order valence-corrected chi connectivity index (χ4v) is 4.25. The molecular weight excluding hydrogens is 324 g/mol. The topological polar surface area (TPSA) is 51.7 Å². The van der Waals surface area contributed by atoms with Gasteiger partial charge in [0.1, 0.15) is 6.10 Å². The Balaban J connectivity index is 1.42. The van der Waals surface area contributed by atoms with Crippen molar-refractivity contribution in [2.24, 2.45) is 0 Å². The van der Waals surface area contributed by atoms with Gasteiger partial charge in [-0.25, -0.2) is 0 Å². The fourth-order valence-electron chi connectivity index (χ4n) is 3.57. The molecule has 6 heteroatoms. The fraction of sp³-hybridized carbons (Fsp3) is 0.444. The lowest BCUT2D eigenvalue weighted by molar-refractivity contribution is -0.108. The van der Waals surface area contributed by atoms with Crippen molar-refractivity contribution in [3.8, 4) is 0 Å². The number of carbonyl (C=O) groups is 1. The minimum Gasteiger partial charge on any atom is -0.372 e. The Kier molecular flexibility index (Phi) is 4.60. The Morgan fingerprint density at radius 2 is 2.33 bits per heavy atom. The number of pyridine rings is 1. The van der Waals surface area contributed by atoms with Crippen LogP contribution >= 0.6 is 11.3 Å². The third-order valence-electron chi connectivity index (χ3n) is 4.72. The summed E-state index contributed by atoms with van der Waals surface area (Å²) in [5, 5.41) is 1.94. The molecule has 1 saturated heterocycles. The van der Waals surface area contributed by atoms with Gasteiger partial charge in [-0.3, -0.25) is 9.78 Å². The molecule has 1 aliphatic carbocycles. The standard InChI is InChI=1S/C18H20N2O3S/c21-18(16-4-2-10-24-16)20-8-9-22-17-14(20)5-6-15(17)23-12-13-3-1-7-19-11-13/h1-4,7,10-11,14-15,17H,5-6,8-9,12H2/t14-,15-,17+/m0/s1. The Morgan fingerprint density at radius 1 is 1.38 bits per heavy atom. The second kappa shape index (κ2) is 7.01. The first-order chi connectivity index (χ1) is 11.8. The van der Waals surface area contributed by atoms with Crippen LogP contribution in [0.2, 0.25) is 0 Å². The highest BCUT2D eigenvalue weighted by molar-refractivity contribution is 7.12. The predicted molar refractivity (Wildman–Crippen MR) is 90.9 cm³/mol. The number of hydrogen-bond acceptors (Lipinski definition) is 5. The van der Waals surface area contributed by atoms with Gasteiger partial charge >= 0.3 is 0 Å². The van der Waals surface area contributed by atoms with Gasteiger partial charge in [-0.2, -0.15) is 0 Å². The molecule has 1 saturated carbocycles. The normalized spacial score (nSPS) is 26.3. The molecule has 2 aromatic rings. The molecule has 5 nitrogen and oxygen atoms in total. The van der Waals surface area contributed by atoms with Crippen LogP contribution in [0.5, 0.6) is 0 Å². The smallest absolute Gasteiger partial charge is 0.264 e. The molecule has 0 radical (unpaired) electrons. The van der Waals surface area contributed by atoms with Crippen molar-refractivity contribution in [2.45, 2.75) is 37.7 Å². The highest BCUT2D eigenvalue weighted by Crippen LogP contribution is 2.33. The SMILES string of the molecule is O=C(c1cccs1)N1CCO[C@H]2[C@@H](OCc3cccnc3)CC[C@@H]21. The van der Waals surface area contributed by atoms with Crippen LogP contribution in [0.15, 0.2) is 42.0 Å². The zero-order valence-electron chi connectivity index (χ0n) is 13.3. The molecule has 2 aliphatic rings. The number of rotatable bonds is 4. The number of aromatic nitrogens is 1. The van der Waals surface area contributed by atoms with E-state index in [4.69, 9.17) is 9.47 Å². The van der Waals surface area contributed by atoms with E-state index in [1.807, 2.05) is 40.7 Å². The van der Waals surface area contributed by atoms with Gasteiger partial charge in [-0.1, -0.05) is 12.1 Å². The molecule has 0 spiro atoms. The van der Waals surface area contributed by atoms with E-state index in [0.29, 0.717) is 19.8 Å². The minimum absolute atomic E-state index is 0.0284. The largest absolute Gasteiger partial charge is 0.372 e. The quantitative estimate of drug-likeness (QED) is 0.856.